The maximum Gasteiger partial charge on any atom is 0.249 e. The summed E-state index contributed by atoms with van der Waals surface area (Å²) in [6, 6.07) is 5.12. The number of carbonyl (C=O) groups excluding carboxylic acids is 1. The fourth-order valence-electron chi connectivity index (χ4n) is 0.853. The van der Waals surface area contributed by atoms with Crippen molar-refractivity contribution in [2.45, 2.75) is 6.92 Å². The highest BCUT2D eigenvalue weighted by Gasteiger charge is 1.97. The molecule has 0 radical (unpaired) electrons. The topological polar surface area (TPSA) is 65.8 Å². The molecule has 0 aliphatic heterocycles. The Labute approximate surface area is 81.9 Å². The second kappa shape index (κ2) is 4.77. The van der Waals surface area contributed by atoms with Gasteiger partial charge in [-0.25, -0.2) is 4.98 Å². The van der Waals surface area contributed by atoms with Crippen molar-refractivity contribution < 1.29 is 4.79 Å². The summed E-state index contributed by atoms with van der Waals surface area (Å²) in [5.41, 5.74) is 0.467. The van der Waals surface area contributed by atoms with E-state index in [1.54, 1.807) is 25.1 Å². The van der Waals surface area contributed by atoms with E-state index < -0.39 is 0 Å². The van der Waals surface area contributed by atoms with E-state index in [1.807, 2.05) is 6.07 Å². The number of rotatable bonds is 2. The second-order valence-electron chi connectivity index (χ2n) is 2.53. The zero-order valence-electron chi connectivity index (χ0n) is 7.69. The number of anilines is 1. The lowest BCUT2D eigenvalue weighted by molar-refractivity contribution is -0.111. The maximum absolute atomic E-state index is 11.1. The third kappa shape index (κ3) is 2.72. The largest absolute Gasteiger partial charge is 0.307 e. The number of hydrogen-bond donors (Lipinski definition) is 1. The van der Waals surface area contributed by atoms with Gasteiger partial charge in [0.25, 0.3) is 0 Å². The summed E-state index contributed by atoms with van der Waals surface area (Å²) >= 11 is 0. The van der Waals surface area contributed by atoms with Crippen LogP contribution in [-0.2, 0) is 4.79 Å². The molecule has 0 aliphatic rings. The zero-order valence-corrected chi connectivity index (χ0v) is 7.69. The third-order valence-electron chi connectivity index (χ3n) is 1.46. The van der Waals surface area contributed by atoms with Crippen LogP contribution in [-0.4, -0.2) is 10.9 Å². The number of allylic oxidation sites excluding steroid dienone is 1. The fourth-order valence-corrected chi connectivity index (χ4v) is 0.853. The molecule has 1 aromatic rings. The van der Waals surface area contributed by atoms with Crippen molar-refractivity contribution in [3.8, 4) is 6.07 Å². The summed E-state index contributed by atoms with van der Waals surface area (Å²) in [5, 5.41) is 11.1. The van der Waals surface area contributed by atoms with Gasteiger partial charge in [-0.3, -0.25) is 4.79 Å². The van der Waals surface area contributed by atoms with Crippen molar-refractivity contribution >= 4 is 11.7 Å². The van der Waals surface area contributed by atoms with Gasteiger partial charge in [0.2, 0.25) is 5.91 Å². The molecule has 0 aliphatic carbocycles. The average Bonchev–Trinajstić information content (AvgIpc) is 2.19. The number of carbonyl (C=O) groups is 1. The smallest absolute Gasteiger partial charge is 0.249 e. The second-order valence-corrected chi connectivity index (χ2v) is 2.53. The summed E-state index contributed by atoms with van der Waals surface area (Å²) in [7, 11) is 0. The molecule has 14 heavy (non-hydrogen) atoms. The van der Waals surface area contributed by atoms with E-state index in [4.69, 9.17) is 5.26 Å². The molecule has 4 nitrogen and oxygen atoms in total. The first-order valence-electron chi connectivity index (χ1n) is 4.06. The van der Waals surface area contributed by atoms with Crippen LogP contribution >= 0.6 is 0 Å². The first-order chi connectivity index (χ1) is 6.76. The van der Waals surface area contributed by atoms with E-state index in [-0.39, 0.29) is 5.91 Å². The van der Waals surface area contributed by atoms with E-state index in [9.17, 15) is 4.79 Å². The van der Waals surface area contributed by atoms with Crippen LogP contribution in [0.5, 0.6) is 0 Å². The zero-order chi connectivity index (χ0) is 10.4. The van der Waals surface area contributed by atoms with E-state index in [0.29, 0.717) is 11.4 Å². The van der Waals surface area contributed by atoms with Crippen molar-refractivity contribution in [2.24, 2.45) is 0 Å². The highest BCUT2D eigenvalue weighted by atomic mass is 16.1. The molecule has 1 amide bonds. The molecule has 0 aromatic carbocycles. The minimum absolute atomic E-state index is 0.232. The molecule has 0 fully saturated rings. The molecule has 0 atom stereocenters. The molecule has 70 valence electrons. The first kappa shape index (κ1) is 9.93. The Kier molecular flexibility index (Phi) is 3.39. The third-order valence-corrected chi connectivity index (χ3v) is 1.46. The van der Waals surface area contributed by atoms with Crippen molar-refractivity contribution in [2.75, 3.05) is 5.32 Å². The molecule has 1 rings (SSSR count). The predicted octanol–water partition coefficient (Wildman–Crippen LogP) is 1.47. The van der Waals surface area contributed by atoms with Crippen LogP contribution in [0.25, 0.3) is 0 Å². The van der Waals surface area contributed by atoms with E-state index in [0.717, 1.165) is 0 Å². The van der Waals surface area contributed by atoms with Gasteiger partial charge in [-0.1, -0.05) is 6.08 Å². The van der Waals surface area contributed by atoms with Crippen LogP contribution in [0.3, 0.4) is 0 Å². The number of hydrogen-bond acceptors (Lipinski definition) is 3. The minimum Gasteiger partial charge on any atom is -0.307 e. The predicted molar refractivity (Wildman–Crippen MR) is 52.4 cm³/mol. The van der Waals surface area contributed by atoms with Gasteiger partial charge >= 0.3 is 0 Å². The highest BCUT2D eigenvalue weighted by molar-refractivity contribution is 5.98. The molecule has 1 heterocycles. The number of nitriles is 1. The van der Waals surface area contributed by atoms with E-state index >= 15 is 0 Å². The number of nitrogens with zero attached hydrogens (tertiary/aromatic N) is 2. The molecule has 0 bridgehead atoms. The monoisotopic (exact) mass is 187 g/mol. The lowest BCUT2D eigenvalue weighted by atomic mass is 10.3. The van der Waals surface area contributed by atoms with Gasteiger partial charge in [-0.15, -0.1) is 0 Å². The lowest BCUT2D eigenvalue weighted by Gasteiger charge is -1.99. The van der Waals surface area contributed by atoms with Crippen LogP contribution in [0, 0.1) is 11.3 Å². The number of aromatic nitrogens is 1. The van der Waals surface area contributed by atoms with Gasteiger partial charge in [-0.05, 0) is 25.1 Å². The number of pyridine rings is 1. The Balaban J connectivity index is 2.70. The summed E-state index contributed by atoms with van der Waals surface area (Å²) in [5.74, 6) is 0.205. The molecule has 4 heteroatoms. The maximum atomic E-state index is 11.1. The van der Waals surface area contributed by atoms with E-state index in [1.165, 1.54) is 12.3 Å². The molecule has 1 N–H and O–H groups in total. The number of amides is 1. The number of nitrogens with one attached hydrogen (secondary N) is 1. The summed E-state index contributed by atoms with van der Waals surface area (Å²) < 4.78 is 0. The highest BCUT2D eigenvalue weighted by Crippen LogP contribution is 2.03. The van der Waals surface area contributed by atoms with Crippen molar-refractivity contribution in [1.82, 2.24) is 4.98 Å². The Hall–Kier alpha value is -2.15. The summed E-state index contributed by atoms with van der Waals surface area (Å²) in [6.07, 6.45) is 4.45. The molecular formula is C10H9N3O. The quantitative estimate of drug-likeness (QED) is 0.713. The van der Waals surface area contributed by atoms with Gasteiger partial charge < -0.3 is 5.32 Å². The van der Waals surface area contributed by atoms with Crippen LogP contribution in [0.15, 0.2) is 30.5 Å². The van der Waals surface area contributed by atoms with Crippen molar-refractivity contribution in [3.05, 3.63) is 36.0 Å². The van der Waals surface area contributed by atoms with Crippen molar-refractivity contribution in [3.63, 3.8) is 0 Å². The Morgan fingerprint density at radius 1 is 1.64 bits per heavy atom. The molecule has 0 unspecified atom stereocenters. The molecule has 0 saturated heterocycles. The van der Waals surface area contributed by atoms with Crippen molar-refractivity contribution in [1.29, 1.82) is 5.26 Å². The van der Waals surface area contributed by atoms with Crippen LogP contribution in [0.4, 0.5) is 5.82 Å². The van der Waals surface area contributed by atoms with E-state index in [2.05, 4.69) is 10.3 Å². The standard InChI is InChI=1S/C10H9N3O/c1-2-3-10(14)13-9-5-4-8(6-11)7-12-9/h2-5,7H,1H3,(H,12,13,14)/b3-2+. The van der Waals surface area contributed by atoms with Gasteiger partial charge in [0.05, 0.1) is 5.56 Å². The summed E-state index contributed by atoms with van der Waals surface area (Å²) in [4.78, 5) is 14.9. The molecule has 0 saturated carbocycles. The van der Waals surface area contributed by atoms with Gasteiger partial charge in [0, 0.05) is 6.20 Å². The van der Waals surface area contributed by atoms with Gasteiger partial charge in [-0.2, -0.15) is 5.26 Å². The first-order valence-corrected chi connectivity index (χ1v) is 4.06. The minimum atomic E-state index is -0.232. The fraction of sp³-hybridized carbons (Fsp3) is 0.100. The van der Waals surface area contributed by atoms with Crippen LogP contribution in [0.2, 0.25) is 0 Å². The van der Waals surface area contributed by atoms with Gasteiger partial charge in [0.15, 0.2) is 0 Å². The Bertz CT molecular complexity index is 387. The molecule has 0 spiro atoms. The molecule has 1 aromatic heterocycles. The normalized spacial score (nSPS) is 9.71. The van der Waals surface area contributed by atoms with Crippen LogP contribution < -0.4 is 5.32 Å². The Morgan fingerprint density at radius 2 is 2.43 bits per heavy atom. The lowest BCUT2D eigenvalue weighted by Crippen LogP contribution is -2.08. The SMILES string of the molecule is C/C=C/C(=O)Nc1ccc(C#N)cn1. The Morgan fingerprint density at radius 3 is 2.93 bits per heavy atom. The molecular weight excluding hydrogens is 178 g/mol. The van der Waals surface area contributed by atoms with Crippen LogP contribution in [0.1, 0.15) is 12.5 Å². The summed E-state index contributed by atoms with van der Waals surface area (Å²) in [6.45, 7) is 1.76. The van der Waals surface area contributed by atoms with Gasteiger partial charge in [0.1, 0.15) is 11.9 Å². The average molecular weight is 187 g/mol.